The molecule has 1 heterocycles. The predicted octanol–water partition coefficient (Wildman–Crippen LogP) is 1.87. The van der Waals surface area contributed by atoms with Gasteiger partial charge >= 0.3 is 5.97 Å². The van der Waals surface area contributed by atoms with Gasteiger partial charge in [0.1, 0.15) is 5.75 Å². The Morgan fingerprint density at radius 2 is 2.23 bits per heavy atom. The molecule has 1 N–H and O–H groups in total. The summed E-state index contributed by atoms with van der Waals surface area (Å²) < 4.78 is 5.14. The number of rotatable bonds is 6. The van der Waals surface area contributed by atoms with Gasteiger partial charge in [0.25, 0.3) is 5.24 Å². The van der Waals surface area contributed by atoms with Crippen molar-refractivity contribution in [3.05, 3.63) is 36.8 Å². The molecule has 1 aromatic rings. The van der Waals surface area contributed by atoms with Crippen LogP contribution < -0.4 is 4.74 Å². The first-order chi connectivity index (χ1) is 10.1. The van der Waals surface area contributed by atoms with Crippen LogP contribution >= 0.6 is 11.8 Å². The van der Waals surface area contributed by atoms with Crippen molar-refractivity contribution in [2.75, 3.05) is 25.4 Å². The van der Waals surface area contributed by atoms with E-state index in [9.17, 15) is 9.59 Å². The second-order valence-electron chi connectivity index (χ2n) is 4.46. The van der Waals surface area contributed by atoms with Gasteiger partial charge in [-0.1, -0.05) is 23.9 Å². The Hall–Kier alpha value is -1.04. The Labute approximate surface area is 148 Å². The minimum atomic E-state index is -1.02. The molecular weight excluding hydrogens is 476 g/mol. The first-order valence-electron chi connectivity index (χ1n) is 6.52. The fourth-order valence-corrected chi connectivity index (χ4v) is 2.80. The third-order valence-electron chi connectivity index (χ3n) is 2.98. The van der Waals surface area contributed by atoms with E-state index in [-0.39, 0.29) is 32.9 Å². The Kier molecular flexibility index (Phi) is 7.93. The van der Waals surface area contributed by atoms with E-state index in [2.05, 4.69) is 6.92 Å². The number of carboxylic acid groups (broad SMARTS) is 1. The van der Waals surface area contributed by atoms with Gasteiger partial charge in [-0.3, -0.25) is 9.80 Å². The number of carbonyl (C=O) groups excluding carboxylic acids is 1. The zero-order valence-corrected chi connectivity index (χ0v) is 15.7. The molecule has 8 heteroatoms. The van der Waals surface area contributed by atoms with Crippen LogP contribution in [0.3, 0.4) is 0 Å². The summed E-state index contributed by atoms with van der Waals surface area (Å²) in [7, 11) is 0. The van der Waals surface area contributed by atoms with E-state index in [0.717, 1.165) is 17.9 Å². The molecule has 0 atom stereocenters. The third-order valence-corrected chi connectivity index (χ3v) is 3.82. The van der Waals surface area contributed by atoms with Crippen LogP contribution in [0.2, 0.25) is 0 Å². The summed E-state index contributed by atoms with van der Waals surface area (Å²) in [6, 6.07) is 7.10. The molecule has 1 saturated heterocycles. The normalized spacial score (nSPS) is 15.3. The average molecular weight is 493 g/mol. The molecule has 2 rings (SSSR count). The van der Waals surface area contributed by atoms with E-state index in [1.807, 2.05) is 11.1 Å². The van der Waals surface area contributed by atoms with Gasteiger partial charge in [0.15, 0.2) is 6.61 Å². The van der Waals surface area contributed by atoms with E-state index < -0.39 is 5.97 Å². The van der Waals surface area contributed by atoms with Crippen LogP contribution in [0.4, 0.5) is 4.79 Å². The summed E-state index contributed by atoms with van der Waals surface area (Å²) in [5.74, 6) is 0.228. The van der Waals surface area contributed by atoms with Gasteiger partial charge in [0, 0.05) is 33.4 Å². The molecule has 22 heavy (non-hydrogen) atoms. The first-order valence-corrected chi connectivity index (χ1v) is 7.50. The summed E-state index contributed by atoms with van der Waals surface area (Å²) in [6.07, 6.45) is 0. The minimum absolute atomic E-state index is 0. The zero-order valence-electron chi connectivity index (χ0n) is 11.9. The van der Waals surface area contributed by atoms with Crippen molar-refractivity contribution in [2.45, 2.75) is 6.54 Å². The van der Waals surface area contributed by atoms with Crippen molar-refractivity contribution < 1.29 is 40.5 Å². The molecule has 120 valence electrons. The predicted molar refractivity (Wildman–Crippen MR) is 79.9 cm³/mol. The van der Waals surface area contributed by atoms with Crippen LogP contribution in [0, 0.1) is 6.92 Å². The van der Waals surface area contributed by atoms with Crippen LogP contribution in [-0.4, -0.2) is 51.8 Å². The number of ether oxygens (including phenoxy) is 1. The van der Waals surface area contributed by atoms with E-state index in [1.165, 1.54) is 11.8 Å². The molecule has 1 aliphatic rings. The fraction of sp³-hybridized carbons (Fsp3) is 0.357. The minimum Gasteiger partial charge on any atom is -0.482 e. The molecule has 0 unspecified atom stereocenters. The second-order valence-corrected chi connectivity index (χ2v) is 5.50. The van der Waals surface area contributed by atoms with Gasteiger partial charge in [-0.15, -0.1) is 6.54 Å². The Morgan fingerprint density at radius 3 is 2.91 bits per heavy atom. The Bertz CT molecular complexity index is 529. The van der Waals surface area contributed by atoms with Crippen molar-refractivity contribution in [1.29, 1.82) is 0 Å². The van der Waals surface area contributed by atoms with Crippen molar-refractivity contribution in [3.63, 3.8) is 0 Å². The van der Waals surface area contributed by atoms with Crippen LogP contribution in [0.1, 0.15) is 5.56 Å². The topological polar surface area (TPSA) is 70.1 Å². The van der Waals surface area contributed by atoms with Crippen LogP contribution in [0.25, 0.3) is 0 Å². The Balaban J connectivity index is 0.00000242. The molecule has 6 nitrogen and oxygen atoms in total. The summed E-state index contributed by atoms with van der Waals surface area (Å²) >= 11 is 1.29. The number of amides is 1. The maximum Gasteiger partial charge on any atom is 0.341 e. The molecular formula is C14H17N2O4SW-. The summed E-state index contributed by atoms with van der Waals surface area (Å²) in [6.45, 7) is 5.19. The molecule has 0 saturated carbocycles. The SMILES string of the molecule is [CH2-]CN1CCSC(=O)N1Cc1cccc(OCC(=O)O)c1.[W]. The van der Waals surface area contributed by atoms with Crippen molar-refractivity contribution in [1.82, 2.24) is 10.0 Å². The van der Waals surface area contributed by atoms with Crippen LogP contribution in [0.5, 0.6) is 5.75 Å². The third kappa shape index (κ3) is 5.30. The quantitative estimate of drug-likeness (QED) is 0.611. The van der Waals surface area contributed by atoms with E-state index >= 15 is 0 Å². The maximum atomic E-state index is 12.0. The van der Waals surface area contributed by atoms with E-state index in [4.69, 9.17) is 9.84 Å². The summed E-state index contributed by atoms with van der Waals surface area (Å²) in [4.78, 5) is 22.5. The smallest absolute Gasteiger partial charge is 0.341 e. The maximum absolute atomic E-state index is 12.0. The number of carboxylic acids is 1. The largest absolute Gasteiger partial charge is 0.482 e. The van der Waals surface area contributed by atoms with Gasteiger partial charge in [0.2, 0.25) is 0 Å². The van der Waals surface area contributed by atoms with E-state index in [1.54, 1.807) is 23.2 Å². The molecule has 1 fully saturated rings. The van der Waals surface area contributed by atoms with Gasteiger partial charge in [0.05, 0.1) is 6.54 Å². The van der Waals surface area contributed by atoms with Gasteiger partial charge in [-0.05, 0) is 17.7 Å². The van der Waals surface area contributed by atoms with Crippen molar-refractivity contribution in [2.24, 2.45) is 0 Å². The summed E-state index contributed by atoms with van der Waals surface area (Å²) in [5, 5.41) is 12.2. The molecule has 0 aromatic heterocycles. The number of benzene rings is 1. The fourth-order valence-electron chi connectivity index (χ4n) is 2.00. The number of nitrogens with zero attached hydrogens (tertiary/aromatic N) is 2. The average Bonchev–Trinajstić information content (AvgIpc) is 2.47. The molecule has 1 aromatic carbocycles. The van der Waals surface area contributed by atoms with E-state index in [0.29, 0.717) is 18.8 Å². The van der Waals surface area contributed by atoms with Gasteiger partial charge < -0.3 is 16.8 Å². The standard InChI is InChI=1S/C14H17N2O4S.W/c1-2-15-6-7-21-14(19)16(15)9-11-4-3-5-12(8-11)20-10-13(17)18;/h3-5,8H,1-2,6-7,9-10H2,(H,17,18);/q-1;. The van der Waals surface area contributed by atoms with Crippen LogP contribution in [0.15, 0.2) is 24.3 Å². The van der Waals surface area contributed by atoms with Crippen molar-refractivity contribution >= 4 is 23.0 Å². The molecule has 0 aliphatic carbocycles. The summed E-state index contributed by atoms with van der Waals surface area (Å²) in [5.41, 5.74) is 0.882. The van der Waals surface area contributed by atoms with Gasteiger partial charge in [-0.25, -0.2) is 9.80 Å². The number of carbonyl (C=O) groups is 2. The monoisotopic (exact) mass is 493 g/mol. The van der Waals surface area contributed by atoms with Gasteiger partial charge in [-0.2, -0.15) is 0 Å². The Morgan fingerprint density at radius 1 is 1.45 bits per heavy atom. The van der Waals surface area contributed by atoms with Crippen molar-refractivity contribution in [3.8, 4) is 5.75 Å². The molecule has 0 spiro atoms. The molecule has 1 aliphatic heterocycles. The number of thioether (sulfide) groups is 1. The molecule has 0 bridgehead atoms. The number of hydrazine groups is 1. The number of aliphatic carboxylic acids is 1. The number of hydrogen-bond donors (Lipinski definition) is 1. The zero-order chi connectivity index (χ0) is 15.2. The molecule has 0 radical (unpaired) electrons. The molecule has 1 amide bonds. The second kappa shape index (κ2) is 9.18. The first kappa shape index (κ1) is 19.0. The van der Waals surface area contributed by atoms with Crippen LogP contribution in [-0.2, 0) is 32.4 Å². The number of hydrogen-bond acceptors (Lipinski definition) is 5.